The minimum Gasteiger partial charge on any atom is -0.378 e. The van der Waals surface area contributed by atoms with Gasteiger partial charge in [0.25, 0.3) is 0 Å². The lowest BCUT2D eigenvalue weighted by molar-refractivity contribution is -0.117. The maximum Gasteiger partial charge on any atom is 0.0655 e. The third kappa shape index (κ3) is 3.52. The maximum atomic E-state index is 5.83. The van der Waals surface area contributed by atoms with E-state index in [1.165, 1.54) is 44.9 Å². The first-order chi connectivity index (χ1) is 9.05. The molecule has 2 aliphatic carbocycles. The van der Waals surface area contributed by atoms with E-state index in [4.69, 9.17) is 4.74 Å². The van der Waals surface area contributed by atoms with Gasteiger partial charge in [0.1, 0.15) is 0 Å². The van der Waals surface area contributed by atoms with Crippen molar-refractivity contribution in [2.24, 2.45) is 11.3 Å². The molecular weight excluding hydrogens is 234 g/mol. The van der Waals surface area contributed by atoms with Crippen molar-refractivity contribution >= 4 is 0 Å². The SMILES string of the molecule is CCOC1CC(N[C@H](C)C2CCCCCC2)C1(C)C. The van der Waals surface area contributed by atoms with Crippen molar-refractivity contribution in [1.29, 1.82) is 0 Å². The first kappa shape index (κ1) is 15.3. The predicted molar refractivity (Wildman–Crippen MR) is 81.4 cm³/mol. The van der Waals surface area contributed by atoms with E-state index in [2.05, 4.69) is 33.0 Å². The summed E-state index contributed by atoms with van der Waals surface area (Å²) in [5.74, 6) is 0.893. The Morgan fingerprint density at radius 2 is 1.79 bits per heavy atom. The molecule has 0 heterocycles. The second kappa shape index (κ2) is 6.58. The fraction of sp³-hybridized carbons (Fsp3) is 1.00. The normalized spacial score (nSPS) is 33.5. The number of hydrogen-bond donors (Lipinski definition) is 1. The van der Waals surface area contributed by atoms with Crippen LogP contribution in [0.25, 0.3) is 0 Å². The van der Waals surface area contributed by atoms with Crippen molar-refractivity contribution in [3.63, 3.8) is 0 Å². The van der Waals surface area contributed by atoms with Crippen LogP contribution in [0, 0.1) is 11.3 Å². The summed E-state index contributed by atoms with van der Waals surface area (Å²) in [7, 11) is 0. The summed E-state index contributed by atoms with van der Waals surface area (Å²) in [5, 5.41) is 3.91. The zero-order valence-electron chi connectivity index (χ0n) is 13.4. The van der Waals surface area contributed by atoms with E-state index in [1.807, 2.05) is 0 Å². The van der Waals surface area contributed by atoms with Crippen LogP contribution in [0.15, 0.2) is 0 Å². The van der Waals surface area contributed by atoms with Gasteiger partial charge in [-0.05, 0) is 39.0 Å². The van der Waals surface area contributed by atoms with E-state index < -0.39 is 0 Å². The van der Waals surface area contributed by atoms with Gasteiger partial charge in [0, 0.05) is 24.1 Å². The third-order valence-corrected chi connectivity index (χ3v) is 5.62. The molecule has 0 aromatic carbocycles. The van der Waals surface area contributed by atoms with Crippen LogP contribution in [0.1, 0.15) is 72.6 Å². The average molecular weight is 267 g/mol. The molecule has 19 heavy (non-hydrogen) atoms. The standard InChI is InChI=1S/C17H33NO/c1-5-19-16-12-15(17(16,3)4)18-13(2)14-10-8-6-7-9-11-14/h13-16,18H,5-12H2,1-4H3/t13-,15?,16?/m1/s1. The van der Waals surface area contributed by atoms with Gasteiger partial charge in [-0.3, -0.25) is 0 Å². The summed E-state index contributed by atoms with van der Waals surface area (Å²) >= 11 is 0. The molecule has 3 atom stereocenters. The molecule has 0 aromatic rings. The van der Waals surface area contributed by atoms with Crippen LogP contribution in [-0.2, 0) is 4.74 Å². The number of nitrogens with one attached hydrogen (secondary N) is 1. The van der Waals surface area contributed by atoms with Crippen molar-refractivity contribution in [2.75, 3.05) is 6.61 Å². The van der Waals surface area contributed by atoms with Crippen LogP contribution in [0.4, 0.5) is 0 Å². The van der Waals surface area contributed by atoms with Crippen LogP contribution in [0.2, 0.25) is 0 Å². The van der Waals surface area contributed by atoms with Crippen molar-refractivity contribution in [1.82, 2.24) is 5.32 Å². The number of rotatable bonds is 5. The summed E-state index contributed by atoms with van der Waals surface area (Å²) in [6.07, 6.45) is 10.3. The predicted octanol–water partition coefficient (Wildman–Crippen LogP) is 4.14. The molecule has 0 amide bonds. The summed E-state index contributed by atoms with van der Waals surface area (Å²) in [4.78, 5) is 0. The molecule has 0 spiro atoms. The van der Waals surface area contributed by atoms with Crippen LogP contribution in [0.5, 0.6) is 0 Å². The Kier molecular flexibility index (Phi) is 5.30. The lowest BCUT2D eigenvalue weighted by Crippen LogP contribution is -2.63. The highest BCUT2D eigenvalue weighted by molar-refractivity contribution is 5.03. The molecule has 0 aliphatic heterocycles. The lowest BCUT2D eigenvalue weighted by atomic mass is 9.64. The van der Waals surface area contributed by atoms with Crippen LogP contribution >= 0.6 is 0 Å². The lowest BCUT2D eigenvalue weighted by Gasteiger charge is -2.53. The van der Waals surface area contributed by atoms with E-state index in [-0.39, 0.29) is 0 Å². The van der Waals surface area contributed by atoms with Gasteiger partial charge in [-0.1, -0.05) is 39.5 Å². The Morgan fingerprint density at radius 3 is 2.32 bits per heavy atom. The highest BCUT2D eigenvalue weighted by Crippen LogP contribution is 2.43. The Hall–Kier alpha value is -0.0800. The third-order valence-electron chi connectivity index (χ3n) is 5.62. The Balaban J connectivity index is 1.81. The topological polar surface area (TPSA) is 21.3 Å². The summed E-state index contributed by atoms with van der Waals surface area (Å²) in [6, 6.07) is 1.31. The molecular formula is C17H33NO. The molecule has 2 aliphatic rings. The first-order valence-corrected chi connectivity index (χ1v) is 8.43. The van der Waals surface area contributed by atoms with Gasteiger partial charge in [-0.2, -0.15) is 0 Å². The second-order valence-corrected chi connectivity index (χ2v) is 7.26. The molecule has 2 fully saturated rings. The van der Waals surface area contributed by atoms with Crippen LogP contribution < -0.4 is 5.32 Å². The molecule has 1 N–H and O–H groups in total. The average Bonchev–Trinajstić information content (AvgIpc) is 2.66. The molecule has 2 heteroatoms. The van der Waals surface area contributed by atoms with Crippen LogP contribution in [-0.4, -0.2) is 24.8 Å². The molecule has 0 radical (unpaired) electrons. The Labute approximate surface area is 119 Å². The molecule has 2 saturated carbocycles. The zero-order valence-corrected chi connectivity index (χ0v) is 13.4. The van der Waals surface area contributed by atoms with E-state index >= 15 is 0 Å². The minimum atomic E-state index is 0.301. The molecule has 0 aromatic heterocycles. The van der Waals surface area contributed by atoms with Crippen molar-refractivity contribution < 1.29 is 4.74 Å². The minimum absolute atomic E-state index is 0.301. The van der Waals surface area contributed by atoms with Gasteiger partial charge in [-0.15, -0.1) is 0 Å². The molecule has 0 saturated heterocycles. The largest absolute Gasteiger partial charge is 0.378 e. The fourth-order valence-electron chi connectivity index (χ4n) is 3.92. The molecule has 0 bridgehead atoms. The first-order valence-electron chi connectivity index (χ1n) is 8.43. The van der Waals surface area contributed by atoms with Crippen molar-refractivity contribution in [3.8, 4) is 0 Å². The van der Waals surface area contributed by atoms with Crippen LogP contribution in [0.3, 0.4) is 0 Å². The highest BCUT2D eigenvalue weighted by atomic mass is 16.5. The van der Waals surface area contributed by atoms with E-state index in [1.54, 1.807) is 0 Å². The van der Waals surface area contributed by atoms with Gasteiger partial charge in [0.05, 0.1) is 6.10 Å². The van der Waals surface area contributed by atoms with Gasteiger partial charge in [-0.25, -0.2) is 0 Å². The summed E-state index contributed by atoms with van der Waals surface area (Å²) in [5.41, 5.74) is 0.301. The van der Waals surface area contributed by atoms with E-state index in [9.17, 15) is 0 Å². The second-order valence-electron chi connectivity index (χ2n) is 7.26. The van der Waals surface area contributed by atoms with Gasteiger partial charge < -0.3 is 10.1 Å². The molecule has 2 unspecified atom stereocenters. The summed E-state index contributed by atoms with van der Waals surface area (Å²) < 4.78 is 5.83. The molecule has 112 valence electrons. The smallest absolute Gasteiger partial charge is 0.0655 e. The Morgan fingerprint density at radius 1 is 1.16 bits per heavy atom. The molecule has 2 rings (SSSR count). The van der Waals surface area contributed by atoms with Crippen molar-refractivity contribution in [2.45, 2.75) is 90.8 Å². The maximum absolute atomic E-state index is 5.83. The Bertz CT molecular complexity index is 268. The zero-order chi connectivity index (χ0) is 13.9. The van der Waals surface area contributed by atoms with Gasteiger partial charge in [0.15, 0.2) is 0 Å². The fourth-order valence-corrected chi connectivity index (χ4v) is 3.92. The van der Waals surface area contributed by atoms with Gasteiger partial charge in [0.2, 0.25) is 0 Å². The molecule has 2 nitrogen and oxygen atoms in total. The van der Waals surface area contributed by atoms with Gasteiger partial charge >= 0.3 is 0 Å². The summed E-state index contributed by atoms with van der Waals surface area (Å²) in [6.45, 7) is 10.1. The van der Waals surface area contributed by atoms with Crippen molar-refractivity contribution in [3.05, 3.63) is 0 Å². The monoisotopic (exact) mass is 267 g/mol. The number of ether oxygens (including phenoxy) is 1. The van der Waals surface area contributed by atoms with E-state index in [0.29, 0.717) is 23.6 Å². The quantitative estimate of drug-likeness (QED) is 0.756. The highest BCUT2D eigenvalue weighted by Gasteiger charge is 2.49. The van der Waals surface area contributed by atoms with E-state index in [0.717, 1.165) is 12.5 Å². The number of hydrogen-bond acceptors (Lipinski definition) is 2.